The van der Waals surface area contributed by atoms with Crippen molar-refractivity contribution in [1.29, 1.82) is 10.8 Å². The Morgan fingerprint density at radius 2 is 1.96 bits per heavy atom. The summed E-state index contributed by atoms with van der Waals surface area (Å²) in [5, 5.41) is 25.8. The zero-order chi connectivity index (χ0) is 16.4. The van der Waals surface area contributed by atoms with E-state index < -0.39 is 0 Å². The largest absolute Gasteiger partial charge is 0.392 e. The van der Waals surface area contributed by atoms with Crippen molar-refractivity contribution in [2.24, 2.45) is 0 Å². The Balaban J connectivity index is 2.30. The lowest BCUT2D eigenvalue weighted by molar-refractivity contribution is 0.282. The van der Waals surface area contributed by atoms with Crippen LogP contribution in [-0.4, -0.2) is 28.0 Å². The molecule has 0 atom stereocenters. The van der Waals surface area contributed by atoms with Crippen LogP contribution in [0.1, 0.15) is 5.56 Å². The van der Waals surface area contributed by atoms with Gasteiger partial charge in [0.05, 0.1) is 18.5 Å². The number of aromatic nitrogens is 2. The quantitative estimate of drug-likeness (QED) is 0.510. The van der Waals surface area contributed by atoms with Crippen molar-refractivity contribution in [2.75, 3.05) is 11.9 Å². The summed E-state index contributed by atoms with van der Waals surface area (Å²) in [4.78, 5) is 6.26. The van der Waals surface area contributed by atoms with Crippen LogP contribution in [0, 0.1) is 10.8 Å². The molecule has 0 saturated carbocycles. The molecule has 3 rings (SSSR count). The summed E-state index contributed by atoms with van der Waals surface area (Å²) in [6, 6.07) is 15.2. The second-order valence-electron chi connectivity index (χ2n) is 5.16. The molecule has 0 radical (unpaired) electrons. The molecule has 2 aromatic carbocycles. The molecule has 0 aliphatic carbocycles. The second-order valence-corrected chi connectivity index (χ2v) is 5.16. The van der Waals surface area contributed by atoms with E-state index in [1.807, 2.05) is 54.4 Å². The molecule has 1 heterocycles. The molecular weight excluding hydrogens is 290 g/mol. The monoisotopic (exact) mass is 307 g/mol. The van der Waals surface area contributed by atoms with E-state index in [0.29, 0.717) is 11.3 Å². The van der Waals surface area contributed by atoms with Crippen LogP contribution in [0.2, 0.25) is 0 Å². The smallest absolute Gasteiger partial charge is 0.229 e. The fourth-order valence-electron chi connectivity index (χ4n) is 2.55. The highest BCUT2D eigenvalue weighted by molar-refractivity contribution is 5.94. The third-order valence-corrected chi connectivity index (χ3v) is 3.78. The van der Waals surface area contributed by atoms with Gasteiger partial charge in [0.2, 0.25) is 5.62 Å². The molecule has 1 aromatic heterocycles. The van der Waals surface area contributed by atoms with Gasteiger partial charge in [-0.3, -0.25) is 15.4 Å². The minimum Gasteiger partial charge on any atom is -0.392 e. The number of nitrogens with one attached hydrogen (secondary N) is 2. The third-order valence-electron chi connectivity index (χ3n) is 3.78. The molecule has 23 heavy (non-hydrogen) atoms. The Kier molecular flexibility index (Phi) is 3.91. The molecule has 3 aromatic rings. The fourth-order valence-corrected chi connectivity index (χ4v) is 2.55. The van der Waals surface area contributed by atoms with Gasteiger partial charge in [0.25, 0.3) is 0 Å². The Labute approximate surface area is 133 Å². The molecule has 0 bridgehead atoms. The molecule has 0 aliphatic heterocycles. The van der Waals surface area contributed by atoms with Gasteiger partial charge < -0.3 is 10.0 Å². The van der Waals surface area contributed by atoms with Crippen molar-refractivity contribution >= 4 is 28.7 Å². The zero-order valence-corrected chi connectivity index (χ0v) is 12.7. The van der Waals surface area contributed by atoms with Gasteiger partial charge in [0, 0.05) is 18.1 Å². The molecular formula is C17H17N5O. The number of nitrogens with zero attached hydrogens (tertiary/aromatic N) is 3. The van der Waals surface area contributed by atoms with Gasteiger partial charge in [0.15, 0.2) is 0 Å². The van der Waals surface area contributed by atoms with Crippen LogP contribution in [-0.2, 0) is 6.61 Å². The van der Waals surface area contributed by atoms with Gasteiger partial charge in [-0.05, 0) is 29.8 Å². The van der Waals surface area contributed by atoms with Crippen LogP contribution in [0.15, 0.2) is 48.5 Å². The molecule has 0 saturated heterocycles. The number of aliphatic hydroxyl groups excluding tert-OH is 1. The fraction of sp³-hybridized carbons (Fsp3) is 0.118. The number of hydrogen-bond donors (Lipinski definition) is 3. The number of para-hydroxylation sites is 1. The molecule has 0 spiro atoms. The SMILES string of the molecule is CN(c1ccccc1)c1nc(=N)n(C=N)c2cc(CO)ccc12. The van der Waals surface area contributed by atoms with Crippen LogP contribution < -0.4 is 10.5 Å². The van der Waals surface area contributed by atoms with Crippen LogP contribution in [0.4, 0.5) is 11.5 Å². The molecule has 6 heteroatoms. The summed E-state index contributed by atoms with van der Waals surface area (Å²) in [6.45, 7) is -0.0898. The van der Waals surface area contributed by atoms with Gasteiger partial charge in [0.1, 0.15) is 5.82 Å². The van der Waals surface area contributed by atoms with Gasteiger partial charge in [-0.25, -0.2) is 0 Å². The van der Waals surface area contributed by atoms with Crippen molar-refractivity contribution in [3.8, 4) is 0 Å². The van der Waals surface area contributed by atoms with E-state index in [-0.39, 0.29) is 12.2 Å². The first-order chi connectivity index (χ1) is 11.2. The lowest BCUT2D eigenvalue weighted by Gasteiger charge is -2.21. The van der Waals surface area contributed by atoms with E-state index in [2.05, 4.69) is 4.98 Å². The van der Waals surface area contributed by atoms with Crippen molar-refractivity contribution < 1.29 is 5.11 Å². The van der Waals surface area contributed by atoms with E-state index in [4.69, 9.17) is 10.8 Å². The number of anilines is 2. The minimum absolute atomic E-state index is 0.0274. The third kappa shape index (κ3) is 2.60. The van der Waals surface area contributed by atoms with Crippen molar-refractivity contribution in [1.82, 2.24) is 9.55 Å². The summed E-state index contributed by atoms with van der Waals surface area (Å²) in [5.74, 6) is 0.638. The average Bonchev–Trinajstić information content (AvgIpc) is 2.60. The summed E-state index contributed by atoms with van der Waals surface area (Å²) >= 11 is 0. The number of aliphatic hydroxyl groups is 1. The maximum absolute atomic E-state index is 9.35. The molecule has 0 aliphatic rings. The first-order valence-corrected chi connectivity index (χ1v) is 7.15. The predicted molar refractivity (Wildman–Crippen MR) is 90.2 cm³/mol. The van der Waals surface area contributed by atoms with E-state index in [9.17, 15) is 5.11 Å². The van der Waals surface area contributed by atoms with E-state index in [1.165, 1.54) is 4.57 Å². The Hall–Kier alpha value is -2.99. The van der Waals surface area contributed by atoms with Crippen molar-refractivity contribution in [2.45, 2.75) is 6.61 Å². The van der Waals surface area contributed by atoms with Crippen LogP contribution >= 0.6 is 0 Å². The van der Waals surface area contributed by atoms with Crippen molar-refractivity contribution in [3.63, 3.8) is 0 Å². The molecule has 6 nitrogen and oxygen atoms in total. The van der Waals surface area contributed by atoms with Crippen LogP contribution in [0.3, 0.4) is 0 Å². The second kappa shape index (κ2) is 6.02. The van der Waals surface area contributed by atoms with Gasteiger partial charge in [-0.15, -0.1) is 0 Å². The maximum Gasteiger partial charge on any atom is 0.229 e. The molecule has 0 unspecified atom stereocenters. The minimum atomic E-state index is -0.0898. The number of rotatable bonds is 4. The van der Waals surface area contributed by atoms with Gasteiger partial charge in [-0.1, -0.05) is 24.3 Å². The normalized spacial score (nSPS) is 10.7. The Morgan fingerprint density at radius 1 is 1.22 bits per heavy atom. The predicted octanol–water partition coefficient (Wildman–Crippen LogP) is 2.23. The van der Waals surface area contributed by atoms with Crippen LogP contribution in [0.25, 0.3) is 10.9 Å². The van der Waals surface area contributed by atoms with E-state index in [1.54, 1.807) is 6.07 Å². The maximum atomic E-state index is 9.35. The highest BCUT2D eigenvalue weighted by Gasteiger charge is 2.13. The topological polar surface area (TPSA) is 89.0 Å². The highest BCUT2D eigenvalue weighted by atomic mass is 16.3. The van der Waals surface area contributed by atoms with Crippen molar-refractivity contribution in [3.05, 3.63) is 59.7 Å². The van der Waals surface area contributed by atoms with E-state index >= 15 is 0 Å². The Bertz CT molecular complexity index is 917. The highest BCUT2D eigenvalue weighted by Crippen LogP contribution is 2.28. The molecule has 0 amide bonds. The molecule has 0 fully saturated rings. The first kappa shape index (κ1) is 14.9. The number of benzene rings is 2. The summed E-state index contributed by atoms with van der Waals surface area (Å²) in [7, 11) is 1.89. The summed E-state index contributed by atoms with van der Waals surface area (Å²) in [5.41, 5.74) is 2.33. The number of hydrogen-bond acceptors (Lipinski definition) is 5. The standard InChI is InChI=1S/C17H17N5O/c1-21(13-5-3-2-4-6-13)16-14-8-7-12(10-23)9-15(14)22(11-18)17(19)20-16/h2-9,11,18-19,23H,10H2,1H3. The molecule has 3 N–H and O–H groups in total. The van der Waals surface area contributed by atoms with E-state index in [0.717, 1.165) is 23.0 Å². The van der Waals surface area contributed by atoms with Crippen LogP contribution in [0.5, 0.6) is 0 Å². The lowest BCUT2D eigenvalue weighted by Crippen LogP contribution is -2.26. The first-order valence-electron chi connectivity index (χ1n) is 7.15. The lowest BCUT2D eigenvalue weighted by atomic mass is 10.1. The average molecular weight is 307 g/mol. The Morgan fingerprint density at radius 3 is 2.61 bits per heavy atom. The summed E-state index contributed by atoms with van der Waals surface area (Å²) < 4.78 is 1.39. The number of fused-ring (bicyclic) bond motifs is 1. The zero-order valence-electron chi connectivity index (χ0n) is 12.7. The summed E-state index contributed by atoms with van der Waals surface area (Å²) in [6.07, 6.45) is 1.06. The van der Waals surface area contributed by atoms with Gasteiger partial charge >= 0.3 is 0 Å². The van der Waals surface area contributed by atoms with Gasteiger partial charge in [-0.2, -0.15) is 4.98 Å². The molecule has 116 valence electrons.